The first kappa shape index (κ1) is 38.2. The van der Waals surface area contributed by atoms with Gasteiger partial charge in [0.05, 0.1) is 11.8 Å². The fourth-order valence-corrected chi connectivity index (χ4v) is 11.0. The second kappa shape index (κ2) is 16.1. The van der Waals surface area contributed by atoms with E-state index in [9.17, 15) is 9.59 Å². The quantitative estimate of drug-likeness (QED) is 0.0840. The van der Waals surface area contributed by atoms with Crippen LogP contribution in [0.2, 0.25) is 0 Å². The van der Waals surface area contributed by atoms with Gasteiger partial charge >= 0.3 is 0 Å². The van der Waals surface area contributed by atoms with Crippen LogP contribution < -0.4 is 0 Å². The largest absolute Gasteiger partial charge is 0.278 e. The Balaban J connectivity index is 1.23. The maximum Gasteiger partial charge on any atom is 0.257 e. The zero-order valence-corrected chi connectivity index (χ0v) is 34.0. The summed E-state index contributed by atoms with van der Waals surface area (Å²) in [6.45, 7) is 5.23. The summed E-state index contributed by atoms with van der Waals surface area (Å²) >= 11 is 0. The van der Waals surface area contributed by atoms with Gasteiger partial charge in [0.15, 0.2) is 0 Å². The van der Waals surface area contributed by atoms with Crippen LogP contribution in [0, 0.1) is 11.8 Å². The van der Waals surface area contributed by atoms with Crippen molar-refractivity contribution in [3.63, 3.8) is 0 Å². The molecule has 0 bridgehead atoms. The summed E-state index contributed by atoms with van der Waals surface area (Å²) in [6.07, 6.45) is 12.8. The van der Waals surface area contributed by atoms with Crippen LogP contribution in [-0.2, 0) is 19.2 Å². The summed E-state index contributed by atoms with van der Waals surface area (Å²) in [4.78, 5) is 62.7. The molecule has 9 rings (SSSR count). The Morgan fingerprint density at radius 3 is 1.17 bits per heavy atom. The van der Waals surface area contributed by atoms with Crippen molar-refractivity contribution in [3.8, 4) is 0 Å². The number of benzene rings is 4. The number of hydrogen-bond donors (Lipinski definition) is 0. The lowest BCUT2D eigenvalue weighted by Crippen LogP contribution is -2.38. The topological polar surface area (TPSA) is 74.8 Å². The van der Waals surface area contributed by atoms with Crippen LogP contribution >= 0.6 is 0 Å². The van der Waals surface area contributed by atoms with Crippen molar-refractivity contribution >= 4 is 34.8 Å². The molecule has 0 radical (unpaired) electrons. The maximum atomic E-state index is 15.0. The Kier molecular flexibility index (Phi) is 10.6. The zero-order chi connectivity index (χ0) is 39.9. The molecule has 0 saturated carbocycles. The highest BCUT2D eigenvalue weighted by molar-refractivity contribution is 6.23. The summed E-state index contributed by atoms with van der Waals surface area (Å²) in [7, 11) is 0. The number of nitrogens with zero attached hydrogens (tertiary/aromatic N) is 2. The number of fused-ring (bicyclic) bond motifs is 7. The SMILES string of the molecule is CCCCCCCCN1C(=O)C2=C(c3ccccc3)c3ccc4c5c3C(c3ccccc3C5C3C(=O)N(CCCCCCCC)C(=O)C3=C4c3ccccc3)C2C1=O. The minimum Gasteiger partial charge on any atom is -0.278 e. The van der Waals surface area contributed by atoms with Crippen LogP contribution in [-0.4, -0.2) is 46.5 Å². The molecule has 2 heterocycles. The zero-order valence-electron chi connectivity index (χ0n) is 34.0. The Morgan fingerprint density at radius 2 is 0.776 bits per heavy atom. The molecule has 4 aromatic carbocycles. The number of carbonyl (C=O) groups excluding carboxylic acids is 4. The van der Waals surface area contributed by atoms with Crippen LogP contribution in [0.15, 0.2) is 108 Å². The van der Waals surface area contributed by atoms with Gasteiger partial charge in [-0.25, -0.2) is 0 Å². The van der Waals surface area contributed by atoms with Gasteiger partial charge in [0.1, 0.15) is 0 Å². The molecule has 4 unspecified atom stereocenters. The number of carbonyl (C=O) groups is 4. The van der Waals surface area contributed by atoms with Gasteiger partial charge in [-0.15, -0.1) is 0 Å². The van der Waals surface area contributed by atoms with Gasteiger partial charge in [-0.1, -0.05) is 175 Å². The van der Waals surface area contributed by atoms with Gasteiger partial charge in [-0.3, -0.25) is 29.0 Å². The number of amides is 4. The minimum absolute atomic E-state index is 0.129. The number of rotatable bonds is 16. The van der Waals surface area contributed by atoms with Gasteiger partial charge in [0.2, 0.25) is 11.8 Å². The van der Waals surface area contributed by atoms with E-state index in [0.29, 0.717) is 24.2 Å². The fourth-order valence-electron chi connectivity index (χ4n) is 11.0. The van der Waals surface area contributed by atoms with E-state index in [1.54, 1.807) is 9.80 Å². The van der Waals surface area contributed by atoms with E-state index in [0.717, 1.165) is 107 Å². The summed E-state index contributed by atoms with van der Waals surface area (Å²) < 4.78 is 0. The van der Waals surface area contributed by atoms with Crippen LogP contribution in [0.25, 0.3) is 11.1 Å². The number of imide groups is 2. The van der Waals surface area contributed by atoms with Gasteiger partial charge in [-0.2, -0.15) is 0 Å². The van der Waals surface area contributed by atoms with E-state index in [-0.39, 0.29) is 23.6 Å². The molecule has 4 atom stereocenters. The second-order valence-corrected chi connectivity index (χ2v) is 17.0. The molecule has 2 saturated heterocycles. The van der Waals surface area contributed by atoms with E-state index < -0.39 is 23.7 Å². The first-order valence-corrected chi connectivity index (χ1v) is 22.0. The van der Waals surface area contributed by atoms with E-state index in [4.69, 9.17) is 0 Å². The number of hydrogen-bond acceptors (Lipinski definition) is 4. The Bertz CT molecular complexity index is 2180. The van der Waals surface area contributed by atoms with Crippen molar-refractivity contribution in [2.45, 2.75) is 103 Å². The van der Waals surface area contributed by atoms with E-state index in [2.05, 4.69) is 38.1 Å². The van der Waals surface area contributed by atoms with Gasteiger partial charge in [0.25, 0.3) is 11.8 Å². The minimum atomic E-state index is -0.695. The van der Waals surface area contributed by atoms with Crippen molar-refractivity contribution in [2.24, 2.45) is 11.8 Å². The standard InChI is InChI=1S/C52H54N2O4/c1-3-5-7-9-11-21-31-53-49(55)45-39(33-23-15-13-16-24-33)37-29-30-38-40(34-25-17-14-18-26-34)46-48(52(58)54(50(46)56)32-22-12-10-8-6-4-2)42-36-28-20-19-27-35(36)41(43(37)44(38)42)47(45)51(53)57/h13-20,23-30,41-42,47-48H,3-12,21-22,31-32H2,1-2H3. The first-order chi connectivity index (χ1) is 28.5. The summed E-state index contributed by atoms with van der Waals surface area (Å²) in [5, 5.41) is 0. The van der Waals surface area contributed by atoms with Crippen molar-refractivity contribution in [1.29, 1.82) is 0 Å². The maximum absolute atomic E-state index is 15.0. The summed E-state index contributed by atoms with van der Waals surface area (Å²) in [5.41, 5.74) is 10.5. The van der Waals surface area contributed by atoms with Crippen LogP contribution in [0.4, 0.5) is 0 Å². The Morgan fingerprint density at radius 1 is 0.414 bits per heavy atom. The lowest BCUT2D eigenvalue weighted by atomic mass is 9.56. The van der Waals surface area contributed by atoms with E-state index in [1.807, 2.05) is 72.8 Å². The van der Waals surface area contributed by atoms with Crippen LogP contribution in [0.1, 0.15) is 147 Å². The predicted molar refractivity (Wildman–Crippen MR) is 229 cm³/mol. The number of unbranched alkanes of at least 4 members (excludes halogenated alkanes) is 10. The highest BCUT2D eigenvalue weighted by Crippen LogP contribution is 2.63. The Hall–Kier alpha value is -5.36. The van der Waals surface area contributed by atoms with Crippen LogP contribution in [0.3, 0.4) is 0 Å². The van der Waals surface area contributed by atoms with Gasteiger partial charge < -0.3 is 0 Å². The van der Waals surface area contributed by atoms with E-state index in [1.165, 1.54) is 25.7 Å². The molecule has 2 fully saturated rings. The fraction of sp³-hybridized carbons (Fsp3) is 0.385. The Labute approximate surface area is 343 Å². The lowest BCUT2D eigenvalue weighted by Gasteiger charge is -2.45. The molecular weight excluding hydrogens is 717 g/mol. The average Bonchev–Trinajstić information content (AvgIpc) is 3.65. The molecule has 6 nitrogen and oxygen atoms in total. The molecule has 5 aliphatic rings. The number of likely N-dealkylation sites (tertiary alicyclic amines) is 2. The molecule has 0 aromatic heterocycles. The van der Waals surface area contributed by atoms with Crippen molar-refractivity contribution < 1.29 is 19.2 Å². The highest BCUT2D eigenvalue weighted by atomic mass is 16.2. The van der Waals surface area contributed by atoms with Crippen LogP contribution in [0.5, 0.6) is 0 Å². The molecule has 4 aromatic rings. The molecule has 2 aliphatic heterocycles. The van der Waals surface area contributed by atoms with Crippen molar-refractivity contribution in [1.82, 2.24) is 9.80 Å². The van der Waals surface area contributed by atoms with Crippen molar-refractivity contribution in [3.05, 3.63) is 153 Å². The average molecular weight is 771 g/mol. The molecule has 3 aliphatic carbocycles. The van der Waals surface area contributed by atoms with Crippen molar-refractivity contribution in [2.75, 3.05) is 13.1 Å². The molecule has 0 spiro atoms. The second-order valence-electron chi connectivity index (χ2n) is 17.0. The summed E-state index contributed by atoms with van der Waals surface area (Å²) in [6, 6.07) is 32.6. The molecule has 6 heteroatoms. The lowest BCUT2D eigenvalue weighted by molar-refractivity contribution is -0.140. The molecule has 4 amide bonds. The molecular formula is C52H54N2O4. The van der Waals surface area contributed by atoms with E-state index >= 15 is 9.59 Å². The van der Waals surface area contributed by atoms with Gasteiger partial charge in [-0.05, 0) is 68.5 Å². The predicted octanol–water partition coefficient (Wildman–Crippen LogP) is 10.6. The molecule has 58 heavy (non-hydrogen) atoms. The third-order valence-corrected chi connectivity index (χ3v) is 13.6. The third kappa shape index (κ3) is 6.13. The summed E-state index contributed by atoms with van der Waals surface area (Å²) in [5.74, 6) is -2.82. The third-order valence-electron chi connectivity index (χ3n) is 13.6. The van der Waals surface area contributed by atoms with Gasteiger partial charge in [0, 0.05) is 36.1 Å². The monoisotopic (exact) mass is 770 g/mol. The first-order valence-electron chi connectivity index (χ1n) is 22.0. The molecule has 0 N–H and O–H groups in total. The highest BCUT2D eigenvalue weighted by Gasteiger charge is 2.59. The smallest absolute Gasteiger partial charge is 0.257 e. The molecule has 296 valence electrons. The normalized spacial score (nSPS) is 21.5.